The van der Waals surface area contributed by atoms with Crippen molar-refractivity contribution in [1.29, 1.82) is 0 Å². The van der Waals surface area contributed by atoms with Gasteiger partial charge in [0.15, 0.2) is 0 Å². The van der Waals surface area contributed by atoms with Gasteiger partial charge in [0.25, 0.3) is 0 Å². The first-order valence-electron chi connectivity index (χ1n) is 6.49. The molecule has 1 saturated heterocycles. The maximum atomic E-state index is 11.6. The zero-order chi connectivity index (χ0) is 12.3. The van der Waals surface area contributed by atoms with E-state index in [0.717, 1.165) is 32.3 Å². The Morgan fingerprint density at radius 3 is 2.82 bits per heavy atom. The third kappa shape index (κ3) is 3.57. The van der Waals surface area contributed by atoms with Crippen molar-refractivity contribution in [1.82, 2.24) is 10.6 Å². The van der Waals surface area contributed by atoms with Crippen LogP contribution in [-0.4, -0.2) is 42.5 Å². The molecule has 0 aromatic carbocycles. The lowest BCUT2D eigenvalue weighted by Gasteiger charge is -2.17. The van der Waals surface area contributed by atoms with Crippen LogP contribution in [0.5, 0.6) is 0 Å². The summed E-state index contributed by atoms with van der Waals surface area (Å²) in [7, 11) is 0. The molecule has 1 aliphatic carbocycles. The van der Waals surface area contributed by atoms with E-state index < -0.39 is 0 Å². The van der Waals surface area contributed by atoms with Crippen molar-refractivity contribution in [3.05, 3.63) is 0 Å². The molecule has 4 atom stereocenters. The van der Waals surface area contributed by atoms with Gasteiger partial charge in [-0.15, -0.1) is 0 Å². The number of amides is 2. The minimum atomic E-state index is -0.173. The highest BCUT2D eigenvalue weighted by Crippen LogP contribution is 2.24. The van der Waals surface area contributed by atoms with Crippen LogP contribution in [0.3, 0.4) is 0 Å². The van der Waals surface area contributed by atoms with Crippen LogP contribution in [0.2, 0.25) is 0 Å². The number of hydrogen-bond acceptors (Lipinski definition) is 3. The maximum Gasteiger partial charge on any atom is 0.315 e. The van der Waals surface area contributed by atoms with E-state index >= 15 is 0 Å². The van der Waals surface area contributed by atoms with E-state index in [1.807, 2.05) is 6.92 Å². The van der Waals surface area contributed by atoms with Crippen LogP contribution >= 0.6 is 0 Å². The lowest BCUT2D eigenvalue weighted by Crippen LogP contribution is -2.46. The van der Waals surface area contributed by atoms with E-state index in [2.05, 4.69) is 10.6 Å². The zero-order valence-electron chi connectivity index (χ0n) is 10.3. The van der Waals surface area contributed by atoms with E-state index in [1.54, 1.807) is 0 Å². The first-order valence-corrected chi connectivity index (χ1v) is 6.49. The molecule has 2 amide bonds. The van der Waals surface area contributed by atoms with E-state index in [0.29, 0.717) is 12.5 Å². The van der Waals surface area contributed by atoms with Crippen LogP contribution < -0.4 is 10.6 Å². The summed E-state index contributed by atoms with van der Waals surface area (Å²) in [4.78, 5) is 11.6. The largest absolute Gasteiger partial charge is 0.393 e. The van der Waals surface area contributed by atoms with Gasteiger partial charge in [0.05, 0.1) is 18.2 Å². The number of ether oxygens (including phenoxy) is 1. The second-order valence-electron chi connectivity index (χ2n) is 5.16. The van der Waals surface area contributed by atoms with Gasteiger partial charge in [0.1, 0.15) is 0 Å². The van der Waals surface area contributed by atoms with Gasteiger partial charge in [0, 0.05) is 13.2 Å². The predicted octanol–water partition coefficient (Wildman–Crippen LogP) is 0.624. The summed E-state index contributed by atoms with van der Waals surface area (Å²) in [5.74, 6) is 0.424. The van der Waals surface area contributed by atoms with Crippen molar-refractivity contribution in [2.75, 3.05) is 13.2 Å². The van der Waals surface area contributed by atoms with Crippen molar-refractivity contribution in [3.63, 3.8) is 0 Å². The number of carbonyl (C=O) groups is 1. The second kappa shape index (κ2) is 5.69. The smallest absolute Gasteiger partial charge is 0.315 e. The molecule has 1 saturated carbocycles. The number of urea groups is 1. The molecule has 2 aliphatic rings. The summed E-state index contributed by atoms with van der Waals surface area (Å²) in [6.07, 6.45) is 3.49. The van der Waals surface area contributed by atoms with E-state index in [9.17, 15) is 9.90 Å². The number of nitrogens with one attached hydrogen (secondary N) is 2. The van der Waals surface area contributed by atoms with Gasteiger partial charge >= 0.3 is 6.03 Å². The maximum absolute atomic E-state index is 11.6. The molecule has 1 aliphatic heterocycles. The van der Waals surface area contributed by atoms with Gasteiger partial charge in [-0.1, -0.05) is 0 Å². The molecular weight excluding hydrogens is 220 g/mol. The molecule has 5 nitrogen and oxygen atoms in total. The molecule has 2 fully saturated rings. The van der Waals surface area contributed by atoms with Gasteiger partial charge in [0.2, 0.25) is 0 Å². The second-order valence-corrected chi connectivity index (χ2v) is 5.16. The first kappa shape index (κ1) is 12.6. The molecule has 0 aromatic rings. The topological polar surface area (TPSA) is 70.6 Å². The lowest BCUT2D eigenvalue weighted by atomic mass is 10.1. The molecule has 0 radical (unpaired) electrons. The highest BCUT2D eigenvalue weighted by molar-refractivity contribution is 5.74. The van der Waals surface area contributed by atoms with Crippen LogP contribution in [0.15, 0.2) is 0 Å². The summed E-state index contributed by atoms with van der Waals surface area (Å²) in [6.45, 7) is 3.36. The molecule has 3 N–H and O–H groups in total. The zero-order valence-corrected chi connectivity index (χ0v) is 10.3. The van der Waals surface area contributed by atoms with Gasteiger partial charge in [-0.25, -0.2) is 4.79 Å². The molecule has 98 valence electrons. The summed E-state index contributed by atoms with van der Waals surface area (Å²) in [5.41, 5.74) is 0. The third-order valence-electron chi connectivity index (χ3n) is 3.76. The van der Waals surface area contributed by atoms with E-state index in [4.69, 9.17) is 4.74 Å². The number of hydrogen-bond donors (Lipinski definition) is 3. The summed E-state index contributed by atoms with van der Waals surface area (Å²) in [5, 5.41) is 15.2. The van der Waals surface area contributed by atoms with E-state index in [-0.39, 0.29) is 24.3 Å². The molecule has 0 aromatic heterocycles. The lowest BCUT2D eigenvalue weighted by molar-refractivity contribution is 0.114. The van der Waals surface area contributed by atoms with E-state index in [1.165, 1.54) is 0 Å². The van der Waals surface area contributed by atoms with Crippen molar-refractivity contribution < 1.29 is 14.6 Å². The van der Waals surface area contributed by atoms with Gasteiger partial charge < -0.3 is 20.5 Å². The Labute approximate surface area is 102 Å². The SMILES string of the molecule is C[C@@H]1OCC[C@@H]1NC(=O)NC[C@@H]1CC[C@H](O)C1. The van der Waals surface area contributed by atoms with Crippen LogP contribution in [0.4, 0.5) is 4.79 Å². The van der Waals surface area contributed by atoms with Crippen molar-refractivity contribution in [2.24, 2.45) is 5.92 Å². The highest BCUT2D eigenvalue weighted by atomic mass is 16.5. The predicted molar refractivity (Wildman–Crippen MR) is 63.7 cm³/mol. The van der Waals surface area contributed by atoms with Crippen molar-refractivity contribution in [2.45, 2.75) is 50.9 Å². The number of aliphatic hydroxyl groups is 1. The molecule has 17 heavy (non-hydrogen) atoms. The molecular formula is C12H22N2O3. The molecule has 5 heteroatoms. The summed E-state index contributed by atoms with van der Waals surface area (Å²) < 4.78 is 5.38. The standard InChI is InChI=1S/C12H22N2O3/c1-8-11(4-5-17-8)14-12(16)13-7-9-2-3-10(15)6-9/h8-11,15H,2-7H2,1H3,(H2,13,14,16)/t8-,9+,10-,11-/m0/s1. The average Bonchev–Trinajstić information content (AvgIpc) is 2.86. The quantitative estimate of drug-likeness (QED) is 0.679. The van der Waals surface area contributed by atoms with Crippen molar-refractivity contribution >= 4 is 6.03 Å². The Kier molecular flexibility index (Phi) is 4.23. The molecule has 1 heterocycles. The number of rotatable bonds is 3. The monoisotopic (exact) mass is 242 g/mol. The Bertz CT molecular complexity index is 272. The summed E-state index contributed by atoms with van der Waals surface area (Å²) in [6, 6.07) is 0.0120. The van der Waals surface area contributed by atoms with Gasteiger partial charge in [-0.3, -0.25) is 0 Å². The van der Waals surface area contributed by atoms with Crippen LogP contribution in [0, 0.1) is 5.92 Å². The Balaban J connectivity index is 1.64. The van der Waals surface area contributed by atoms with Crippen LogP contribution in [-0.2, 0) is 4.74 Å². The minimum Gasteiger partial charge on any atom is -0.393 e. The first-order chi connectivity index (χ1) is 8.15. The van der Waals surface area contributed by atoms with Crippen molar-refractivity contribution in [3.8, 4) is 0 Å². The Morgan fingerprint density at radius 1 is 1.41 bits per heavy atom. The number of carbonyl (C=O) groups excluding carboxylic acids is 1. The van der Waals surface area contributed by atoms with Crippen LogP contribution in [0.25, 0.3) is 0 Å². The minimum absolute atomic E-state index is 0.106. The molecule has 0 unspecified atom stereocenters. The Hall–Kier alpha value is -0.810. The third-order valence-corrected chi connectivity index (χ3v) is 3.76. The fourth-order valence-corrected chi connectivity index (χ4v) is 2.61. The fraction of sp³-hybridized carbons (Fsp3) is 0.917. The highest BCUT2D eigenvalue weighted by Gasteiger charge is 2.26. The van der Waals surface area contributed by atoms with Gasteiger partial charge in [-0.2, -0.15) is 0 Å². The fourth-order valence-electron chi connectivity index (χ4n) is 2.61. The van der Waals surface area contributed by atoms with Gasteiger partial charge in [-0.05, 0) is 38.5 Å². The molecule has 2 rings (SSSR count). The average molecular weight is 242 g/mol. The number of aliphatic hydroxyl groups excluding tert-OH is 1. The van der Waals surface area contributed by atoms with Crippen LogP contribution in [0.1, 0.15) is 32.6 Å². The molecule has 0 bridgehead atoms. The normalized spacial score (nSPS) is 37.1. The molecule has 0 spiro atoms. The summed E-state index contributed by atoms with van der Waals surface area (Å²) >= 11 is 0. The Morgan fingerprint density at radius 2 is 2.24 bits per heavy atom.